The first-order valence-corrected chi connectivity index (χ1v) is 26.0. The molecule has 0 fully saturated rings. The molecule has 1 aliphatic rings. The van der Waals surface area contributed by atoms with Gasteiger partial charge in [0.05, 0.1) is 17.7 Å². The molecular weight excluding hydrogens is 889 g/mol. The Morgan fingerprint density at radius 1 is 0.411 bits per heavy atom. The standard InChI is InChI=1S/C68H72N4O/c1-64(2,3)52-35-47(46-23-17-14-18-24-46)36-55(38-52)71-45-70(44-62(71)66(7,8)9)54-37-53(65(4,5)6)39-57(42-54)73-56-30-31-58-59-40-50(67(10,11)48-25-19-15-20-26-48)29-32-60(59)72(61(58)43-56)63-41-51(33-34-69-63)68(12,13)49-27-21-16-22-28-49/h14-44H,45H2,1-13H3. The van der Waals surface area contributed by atoms with Crippen molar-refractivity contribution in [2.45, 2.75) is 112 Å². The van der Waals surface area contributed by atoms with Crippen molar-refractivity contribution in [2.75, 3.05) is 16.5 Å². The summed E-state index contributed by atoms with van der Waals surface area (Å²) in [4.78, 5) is 10.0. The summed E-state index contributed by atoms with van der Waals surface area (Å²) in [5.74, 6) is 2.43. The fraction of sp³-hybridized carbons (Fsp3) is 0.279. The Morgan fingerprint density at radius 2 is 1.00 bits per heavy atom. The van der Waals surface area contributed by atoms with Crippen LogP contribution in [0, 0.1) is 5.41 Å². The van der Waals surface area contributed by atoms with E-state index in [1.54, 1.807) is 0 Å². The average molecular weight is 961 g/mol. The van der Waals surface area contributed by atoms with E-state index in [1.807, 2.05) is 6.20 Å². The van der Waals surface area contributed by atoms with Gasteiger partial charge >= 0.3 is 0 Å². The van der Waals surface area contributed by atoms with Gasteiger partial charge < -0.3 is 14.5 Å². The van der Waals surface area contributed by atoms with Crippen LogP contribution in [0.1, 0.15) is 123 Å². The smallest absolute Gasteiger partial charge is 0.137 e. The summed E-state index contributed by atoms with van der Waals surface area (Å²) in [5, 5.41) is 2.33. The van der Waals surface area contributed by atoms with Gasteiger partial charge in [0.25, 0.3) is 0 Å². The van der Waals surface area contributed by atoms with Gasteiger partial charge in [-0.2, -0.15) is 0 Å². The largest absolute Gasteiger partial charge is 0.457 e. The van der Waals surface area contributed by atoms with Crippen molar-refractivity contribution in [1.82, 2.24) is 9.55 Å². The molecule has 0 N–H and O–H groups in total. The Bertz CT molecular complexity index is 3510. The molecule has 0 saturated carbocycles. The highest BCUT2D eigenvalue weighted by Crippen LogP contribution is 2.45. The van der Waals surface area contributed by atoms with E-state index in [-0.39, 0.29) is 27.1 Å². The number of pyridine rings is 1. The first-order chi connectivity index (χ1) is 34.6. The minimum Gasteiger partial charge on any atom is -0.457 e. The number of aromatic nitrogens is 2. The summed E-state index contributed by atoms with van der Waals surface area (Å²) in [6.45, 7) is 30.6. The molecule has 5 nitrogen and oxygen atoms in total. The highest BCUT2D eigenvalue weighted by atomic mass is 16.5. The number of hydrogen-bond acceptors (Lipinski definition) is 4. The number of hydrogen-bond donors (Lipinski definition) is 0. The molecular formula is C68H72N4O. The van der Waals surface area contributed by atoms with Gasteiger partial charge in [-0.05, 0) is 116 Å². The summed E-state index contributed by atoms with van der Waals surface area (Å²) in [5.41, 5.74) is 14.9. The normalized spacial score (nSPS) is 13.8. The predicted molar refractivity (Wildman–Crippen MR) is 309 cm³/mol. The van der Waals surface area contributed by atoms with Crippen LogP contribution in [-0.2, 0) is 21.7 Å². The average Bonchev–Trinajstić information content (AvgIpc) is 3.97. The van der Waals surface area contributed by atoms with Crippen molar-refractivity contribution in [3.8, 4) is 28.4 Å². The molecule has 10 rings (SSSR count). The van der Waals surface area contributed by atoms with Gasteiger partial charge in [-0.3, -0.25) is 4.57 Å². The lowest BCUT2D eigenvalue weighted by Gasteiger charge is -2.32. The van der Waals surface area contributed by atoms with Crippen LogP contribution >= 0.6 is 0 Å². The zero-order valence-electron chi connectivity index (χ0n) is 45.3. The molecule has 2 aromatic heterocycles. The van der Waals surface area contributed by atoms with Crippen LogP contribution in [0.5, 0.6) is 11.5 Å². The maximum absolute atomic E-state index is 7.11. The molecule has 7 aromatic carbocycles. The molecule has 1 aliphatic heterocycles. The quantitative estimate of drug-likeness (QED) is 0.137. The van der Waals surface area contributed by atoms with Crippen molar-refractivity contribution >= 4 is 33.2 Å². The highest BCUT2D eigenvalue weighted by molar-refractivity contribution is 6.10. The fourth-order valence-corrected chi connectivity index (χ4v) is 10.5. The topological polar surface area (TPSA) is 33.5 Å². The third-order valence-corrected chi connectivity index (χ3v) is 15.3. The van der Waals surface area contributed by atoms with Gasteiger partial charge in [0.2, 0.25) is 0 Å². The first kappa shape index (κ1) is 49.2. The monoisotopic (exact) mass is 961 g/mol. The van der Waals surface area contributed by atoms with E-state index < -0.39 is 0 Å². The molecule has 9 aromatic rings. The molecule has 0 aliphatic carbocycles. The van der Waals surface area contributed by atoms with Crippen molar-refractivity contribution in [3.63, 3.8) is 0 Å². The lowest BCUT2D eigenvalue weighted by Crippen LogP contribution is -2.31. The van der Waals surface area contributed by atoms with Crippen molar-refractivity contribution in [2.24, 2.45) is 5.41 Å². The Morgan fingerprint density at radius 3 is 1.62 bits per heavy atom. The number of rotatable bonds is 10. The Balaban J connectivity index is 1.08. The lowest BCUT2D eigenvalue weighted by atomic mass is 9.78. The molecule has 73 heavy (non-hydrogen) atoms. The molecule has 370 valence electrons. The molecule has 0 saturated heterocycles. The first-order valence-electron chi connectivity index (χ1n) is 26.0. The Hall–Kier alpha value is -7.37. The lowest BCUT2D eigenvalue weighted by molar-refractivity contribution is 0.479. The number of fused-ring (bicyclic) bond motifs is 3. The van der Waals surface area contributed by atoms with E-state index in [4.69, 9.17) is 9.72 Å². The zero-order valence-corrected chi connectivity index (χ0v) is 45.3. The van der Waals surface area contributed by atoms with E-state index in [0.29, 0.717) is 6.67 Å². The minimum atomic E-state index is -0.245. The second kappa shape index (κ2) is 18.3. The third-order valence-electron chi connectivity index (χ3n) is 15.3. The van der Waals surface area contributed by atoms with Crippen LogP contribution in [0.2, 0.25) is 0 Å². The summed E-state index contributed by atoms with van der Waals surface area (Å²) in [6, 6.07) is 64.2. The number of allylic oxidation sites excluding steroid dienone is 1. The molecule has 3 heterocycles. The maximum atomic E-state index is 7.11. The van der Waals surface area contributed by atoms with Gasteiger partial charge in [-0.15, -0.1) is 0 Å². The molecule has 0 amide bonds. The summed E-state index contributed by atoms with van der Waals surface area (Å²) in [6.07, 6.45) is 4.32. The van der Waals surface area contributed by atoms with Crippen molar-refractivity contribution < 1.29 is 4.74 Å². The van der Waals surface area contributed by atoms with Crippen LogP contribution in [0.3, 0.4) is 0 Å². The number of nitrogens with zero attached hydrogens (tertiary/aromatic N) is 4. The van der Waals surface area contributed by atoms with E-state index in [1.165, 1.54) is 61.3 Å². The molecule has 0 atom stereocenters. The van der Waals surface area contributed by atoms with Gasteiger partial charge in [-0.25, -0.2) is 4.98 Å². The summed E-state index contributed by atoms with van der Waals surface area (Å²) in [7, 11) is 0. The zero-order chi connectivity index (χ0) is 51.7. The fourth-order valence-electron chi connectivity index (χ4n) is 10.5. The van der Waals surface area contributed by atoms with Gasteiger partial charge in [0, 0.05) is 68.6 Å². The number of anilines is 2. The summed E-state index contributed by atoms with van der Waals surface area (Å²) >= 11 is 0. The minimum absolute atomic E-state index is 0.0305. The van der Waals surface area contributed by atoms with Gasteiger partial charge in [0.1, 0.15) is 17.3 Å². The number of ether oxygens (including phenoxy) is 1. The maximum Gasteiger partial charge on any atom is 0.137 e. The third kappa shape index (κ3) is 9.59. The second-order valence-electron chi connectivity index (χ2n) is 24.4. The van der Waals surface area contributed by atoms with E-state index in [2.05, 4.69) is 287 Å². The molecule has 0 spiro atoms. The highest BCUT2D eigenvalue weighted by Gasteiger charge is 2.34. The van der Waals surface area contributed by atoms with Crippen LogP contribution in [0.4, 0.5) is 11.4 Å². The Labute approximate surface area is 434 Å². The summed E-state index contributed by atoms with van der Waals surface area (Å²) < 4.78 is 9.44. The van der Waals surface area contributed by atoms with E-state index >= 15 is 0 Å². The number of benzene rings is 7. The van der Waals surface area contributed by atoms with Gasteiger partial charge in [0.15, 0.2) is 0 Å². The van der Waals surface area contributed by atoms with Crippen molar-refractivity contribution in [1.29, 1.82) is 0 Å². The van der Waals surface area contributed by atoms with Gasteiger partial charge in [-0.1, -0.05) is 193 Å². The van der Waals surface area contributed by atoms with Crippen LogP contribution in [-0.4, -0.2) is 16.2 Å². The van der Waals surface area contributed by atoms with Crippen LogP contribution < -0.4 is 14.5 Å². The molecule has 0 unspecified atom stereocenters. The van der Waals surface area contributed by atoms with Crippen LogP contribution in [0.15, 0.2) is 194 Å². The second-order valence-corrected chi connectivity index (χ2v) is 24.4. The molecule has 0 radical (unpaired) electrons. The van der Waals surface area contributed by atoms with Crippen molar-refractivity contribution in [3.05, 3.63) is 227 Å². The van der Waals surface area contributed by atoms with E-state index in [9.17, 15) is 0 Å². The van der Waals surface area contributed by atoms with Crippen LogP contribution in [0.25, 0.3) is 38.8 Å². The SMILES string of the molecule is CC(C)(C)C1=CN(c2cc(Oc3ccc4c5cc(C(C)(C)c6ccccc6)ccc5n(-c5cc(C(C)(C)c6ccccc6)ccn5)c4c3)cc(C(C)(C)C)c2)CN1c1cc(-c2ccccc2)cc(C(C)(C)C)c1. The Kier molecular flexibility index (Phi) is 12.3. The predicted octanol–water partition coefficient (Wildman–Crippen LogP) is 18.1. The molecule has 0 bridgehead atoms. The van der Waals surface area contributed by atoms with E-state index in [0.717, 1.165) is 39.4 Å². The molecule has 5 heteroatoms.